The third-order valence-electron chi connectivity index (χ3n) is 3.09. The van der Waals surface area contributed by atoms with Crippen LogP contribution in [-0.4, -0.2) is 0 Å². The molecular weight excluding hydrogens is 220 g/mol. The third-order valence-corrected chi connectivity index (χ3v) is 3.09. The topological polar surface area (TPSA) is 29.3 Å². The van der Waals surface area contributed by atoms with Gasteiger partial charge in [0, 0.05) is 0 Å². The molecule has 0 saturated carbocycles. The Labute approximate surface area is 109 Å². The van der Waals surface area contributed by atoms with Crippen LogP contribution in [-0.2, 0) is 6.42 Å². The van der Waals surface area contributed by atoms with Gasteiger partial charge in [-0.15, -0.1) is 0 Å². The molecule has 0 radical (unpaired) electrons. The smallest absolute Gasteiger partial charge is 0.0607 e. The Bertz CT molecular complexity index is 479. The van der Waals surface area contributed by atoms with Crippen LogP contribution in [0.4, 0.5) is 11.4 Å². The zero-order valence-corrected chi connectivity index (χ0v) is 10.8. The average molecular weight is 240 g/mol. The molecule has 18 heavy (non-hydrogen) atoms. The van der Waals surface area contributed by atoms with Gasteiger partial charge < -0.3 is 0 Å². The first-order chi connectivity index (χ1) is 8.83. The van der Waals surface area contributed by atoms with Crippen LogP contribution in [0.15, 0.2) is 54.6 Å². The summed E-state index contributed by atoms with van der Waals surface area (Å²) in [5.41, 5.74) is 3.42. The van der Waals surface area contributed by atoms with E-state index in [0.717, 1.165) is 17.8 Å². The second-order valence-corrected chi connectivity index (χ2v) is 4.44. The Morgan fingerprint density at radius 1 is 0.944 bits per heavy atom. The lowest BCUT2D eigenvalue weighted by atomic mass is 10.1. The van der Waals surface area contributed by atoms with Gasteiger partial charge >= 0.3 is 0 Å². The Hall–Kier alpha value is -1.80. The number of benzene rings is 2. The van der Waals surface area contributed by atoms with Gasteiger partial charge in [-0.05, 0) is 36.6 Å². The normalized spacial score (nSPS) is 10.3. The van der Waals surface area contributed by atoms with Gasteiger partial charge in [-0.2, -0.15) is 0 Å². The first-order valence-electron chi connectivity index (χ1n) is 6.50. The number of anilines is 2. The van der Waals surface area contributed by atoms with E-state index in [1.54, 1.807) is 5.01 Å². The number of aryl methyl sites for hydroxylation is 1. The Morgan fingerprint density at radius 3 is 2.33 bits per heavy atom. The minimum atomic E-state index is 1.02. The highest BCUT2D eigenvalue weighted by Gasteiger charge is 2.08. The minimum Gasteiger partial charge on any atom is -0.279 e. The van der Waals surface area contributed by atoms with Crippen LogP contribution < -0.4 is 10.9 Å². The van der Waals surface area contributed by atoms with Crippen molar-refractivity contribution in [1.82, 2.24) is 0 Å². The van der Waals surface area contributed by atoms with Gasteiger partial charge in [0.1, 0.15) is 0 Å². The lowest BCUT2D eigenvalue weighted by Crippen LogP contribution is -2.25. The fraction of sp³-hybridized carbons (Fsp3) is 0.250. The van der Waals surface area contributed by atoms with E-state index in [2.05, 4.69) is 25.1 Å². The molecule has 94 valence electrons. The second kappa shape index (κ2) is 6.22. The van der Waals surface area contributed by atoms with Crippen molar-refractivity contribution in [3.63, 3.8) is 0 Å². The molecule has 0 aliphatic carbocycles. The van der Waals surface area contributed by atoms with E-state index in [1.165, 1.54) is 18.4 Å². The number of rotatable bonds is 5. The summed E-state index contributed by atoms with van der Waals surface area (Å²) in [7, 11) is 0. The minimum absolute atomic E-state index is 1.02. The molecule has 0 fully saturated rings. The van der Waals surface area contributed by atoms with E-state index in [4.69, 9.17) is 5.84 Å². The van der Waals surface area contributed by atoms with Crippen LogP contribution in [0.3, 0.4) is 0 Å². The van der Waals surface area contributed by atoms with E-state index in [1.807, 2.05) is 36.4 Å². The van der Waals surface area contributed by atoms with E-state index >= 15 is 0 Å². The standard InChI is InChI=1S/C16H20N2/c1-2-3-9-14-10-7-8-13-16(14)18(17)15-11-5-4-6-12-15/h4-8,10-13H,2-3,9,17H2,1H3. The summed E-state index contributed by atoms with van der Waals surface area (Å²) in [6.07, 6.45) is 3.47. The number of para-hydroxylation sites is 2. The lowest BCUT2D eigenvalue weighted by molar-refractivity contribution is 0.792. The highest BCUT2D eigenvalue weighted by molar-refractivity contribution is 5.64. The molecule has 0 atom stereocenters. The maximum atomic E-state index is 6.22. The molecule has 0 spiro atoms. The van der Waals surface area contributed by atoms with E-state index in [-0.39, 0.29) is 0 Å². The van der Waals surface area contributed by atoms with Crippen LogP contribution in [0, 0.1) is 0 Å². The SMILES string of the molecule is CCCCc1ccccc1N(N)c1ccccc1. The summed E-state index contributed by atoms with van der Waals surface area (Å²) in [6.45, 7) is 2.21. The fourth-order valence-electron chi connectivity index (χ4n) is 2.05. The summed E-state index contributed by atoms with van der Waals surface area (Å²) < 4.78 is 0. The number of nitrogens with zero attached hydrogens (tertiary/aromatic N) is 1. The number of hydrogen-bond acceptors (Lipinski definition) is 2. The van der Waals surface area contributed by atoms with E-state index in [9.17, 15) is 0 Å². The predicted octanol–water partition coefficient (Wildman–Crippen LogP) is 4.04. The first-order valence-corrected chi connectivity index (χ1v) is 6.50. The Kier molecular flexibility index (Phi) is 4.37. The van der Waals surface area contributed by atoms with E-state index in [0.29, 0.717) is 0 Å². The summed E-state index contributed by atoms with van der Waals surface area (Å²) in [4.78, 5) is 0. The molecule has 0 heterocycles. The zero-order chi connectivity index (χ0) is 12.8. The number of unbranched alkanes of at least 4 members (excludes halogenated alkanes) is 1. The highest BCUT2D eigenvalue weighted by atomic mass is 15.4. The Balaban J connectivity index is 2.27. The fourth-order valence-corrected chi connectivity index (χ4v) is 2.05. The zero-order valence-electron chi connectivity index (χ0n) is 10.8. The molecule has 0 aliphatic heterocycles. The molecule has 2 rings (SSSR count). The molecule has 0 bridgehead atoms. The van der Waals surface area contributed by atoms with Crippen molar-refractivity contribution in [3.05, 3.63) is 60.2 Å². The summed E-state index contributed by atoms with van der Waals surface area (Å²) in [5, 5.41) is 1.77. The summed E-state index contributed by atoms with van der Waals surface area (Å²) in [6, 6.07) is 18.4. The Morgan fingerprint density at radius 2 is 1.61 bits per heavy atom. The van der Waals surface area contributed by atoms with Gasteiger partial charge in [0.25, 0.3) is 0 Å². The van der Waals surface area contributed by atoms with Crippen LogP contribution in [0.2, 0.25) is 0 Å². The van der Waals surface area contributed by atoms with Gasteiger partial charge in [-0.3, -0.25) is 5.01 Å². The van der Waals surface area contributed by atoms with Crippen molar-refractivity contribution >= 4 is 11.4 Å². The molecular formula is C16H20N2. The predicted molar refractivity (Wildman–Crippen MR) is 77.8 cm³/mol. The molecule has 2 nitrogen and oxygen atoms in total. The summed E-state index contributed by atoms with van der Waals surface area (Å²) >= 11 is 0. The quantitative estimate of drug-likeness (QED) is 0.631. The average Bonchev–Trinajstić information content (AvgIpc) is 2.45. The van der Waals surface area contributed by atoms with Crippen LogP contribution in [0.25, 0.3) is 0 Å². The highest BCUT2D eigenvalue weighted by Crippen LogP contribution is 2.26. The van der Waals surface area contributed by atoms with E-state index < -0.39 is 0 Å². The molecule has 2 heteroatoms. The van der Waals surface area contributed by atoms with Gasteiger partial charge in [0.15, 0.2) is 0 Å². The van der Waals surface area contributed by atoms with Gasteiger partial charge in [-0.1, -0.05) is 49.7 Å². The van der Waals surface area contributed by atoms with Crippen LogP contribution >= 0.6 is 0 Å². The number of hydrogen-bond donors (Lipinski definition) is 1. The third kappa shape index (κ3) is 2.90. The van der Waals surface area contributed by atoms with Gasteiger partial charge in [-0.25, -0.2) is 5.84 Å². The molecule has 0 aliphatic rings. The maximum Gasteiger partial charge on any atom is 0.0607 e. The van der Waals surface area contributed by atoms with Crippen molar-refractivity contribution in [3.8, 4) is 0 Å². The van der Waals surface area contributed by atoms with Crippen LogP contribution in [0.5, 0.6) is 0 Å². The largest absolute Gasteiger partial charge is 0.279 e. The monoisotopic (exact) mass is 240 g/mol. The molecule has 0 saturated heterocycles. The lowest BCUT2D eigenvalue weighted by Gasteiger charge is -2.21. The van der Waals surface area contributed by atoms with Crippen molar-refractivity contribution in [2.75, 3.05) is 5.01 Å². The molecule has 0 aromatic heterocycles. The molecule has 0 unspecified atom stereocenters. The van der Waals surface area contributed by atoms with Gasteiger partial charge in [0.2, 0.25) is 0 Å². The van der Waals surface area contributed by atoms with Crippen molar-refractivity contribution in [1.29, 1.82) is 0 Å². The van der Waals surface area contributed by atoms with Crippen molar-refractivity contribution in [2.24, 2.45) is 5.84 Å². The first kappa shape index (κ1) is 12.7. The van der Waals surface area contributed by atoms with Gasteiger partial charge in [0.05, 0.1) is 11.4 Å². The molecule has 0 amide bonds. The van der Waals surface area contributed by atoms with Crippen molar-refractivity contribution in [2.45, 2.75) is 26.2 Å². The molecule has 2 aromatic rings. The summed E-state index contributed by atoms with van der Waals surface area (Å²) in [5.74, 6) is 6.22. The van der Waals surface area contributed by atoms with Crippen LogP contribution in [0.1, 0.15) is 25.3 Å². The molecule has 2 aromatic carbocycles. The number of nitrogens with two attached hydrogens (primary N) is 1. The van der Waals surface area contributed by atoms with Crippen molar-refractivity contribution < 1.29 is 0 Å². The second-order valence-electron chi connectivity index (χ2n) is 4.44. The molecule has 2 N–H and O–H groups in total. The maximum absolute atomic E-state index is 6.22. The number of hydrazine groups is 1.